The lowest BCUT2D eigenvalue weighted by Gasteiger charge is -2.22. The van der Waals surface area contributed by atoms with Crippen LogP contribution in [0.1, 0.15) is 29.6 Å². The van der Waals surface area contributed by atoms with E-state index in [1.54, 1.807) is 25.3 Å². The molecule has 5 N–H and O–H groups in total. The number of hydrogen-bond donors (Lipinski definition) is 3. The summed E-state index contributed by atoms with van der Waals surface area (Å²) in [6, 6.07) is 5.37. The molecule has 1 aliphatic rings. The molecule has 5 heteroatoms. The van der Waals surface area contributed by atoms with E-state index in [1.165, 1.54) is 0 Å². The van der Waals surface area contributed by atoms with Crippen LogP contribution in [-0.2, 0) is 4.74 Å². The highest BCUT2D eigenvalue weighted by atomic mass is 16.5. The van der Waals surface area contributed by atoms with Crippen LogP contribution in [0.2, 0.25) is 0 Å². The molecular formula is C13H19N3O2. The Morgan fingerprint density at radius 1 is 1.44 bits per heavy atom. The summed E-state index contributed by atoms with van der Waals surface area (Å²) >= 11 is 0. The van der Waals surface area contributed by atoms with Gasteiger partial charge in [0.25, 0.3) is 5.91 Å². The summed E-state index contributed by atoms with van der Waals surface area (Å²) in [6.45, 7) is 0. The zero-order valence-electron chi connectivity index (χ0n) is 10.5. The lowest BCUT2D eigenvalue weighted by atomic mass is 10.1. The second-order valence-electron chi connectivity index (χ2n) is 4.63. The van der Waals surface area contributed by atoms with Crippen molar-refractivity contribution in [1.82, 2.24) is 0 Å². The maximum atomic E-state index is 11.4. The first-order valence-corrected chi connectivity index (χ1v) is 6.10. The van der Waals surface area contributed by atoms with Crippen LogP contribution in [-0.4, -0.2) is 25.2 Å². The topological polar surface area (TPSA) is 90.4 Å². The van der Waals surface area contributed by atoms with E-state index in [2.05, 4.69) is 5.32 Å². The van der Waals surface area contributed by atoms with Crippen LogP contribution < -0.4 is 16.8 Å². The Hall–Kier alpha value is -1.75. The van der Waals surface area contributed by atoms with Gasteiger partial charge in [0.2, 0.25) is 0 Å². The van der Waals surface area contributed by atoms with Crippen molar-refractivity contribution in [3.8, 4) is 0 Å². The number of nitrogen functional groups attached to an aromatic ring is 1. The zero-order chi connectivity index (χ0) is 13.1. The largest absolute Gasteiger partial charge is 0.399 e. The number of anilines is 2. The second-order valence-corrected chi connectivity index (χ2v) is 4.63. The molecule has 1 saturated carbocycles. The van der Waals surface area contributed by atoms with Gasteiger partial charge in [-0.15, -0.1) is 0 Å². The van der Waals surface area contributed by atoms with Crippen molar-refractivity contribution in [1.29, 1.82) is 0 Å². The van der Waals surface area contributed by atoms with Crippen LogP contribution in [0.3, 0.4) is 0 Å². The molecule has 0 bridgehead atoms. The SMILES string of the molecule is COC1CCCC1Nc1ccc(N)cc1C(N)=O. The van der Waals surface area contributed by atoms with Crippen LogP contribution in [0.25, 0.3) is 0 Å². The molecule has 2 unspecified atom stereocenters. The van der Waals surface area contributed by atoms with Crippen molar-refractivity contribution in [3.63, 3.8) is 0 Å². The predicted octanol–water partition coefficient (Wildman–Crippen LogP) is 1.35. The summed E-state index contributed by atoms with van der Waals surface area (Å²) in [7, 11) is 1.71. The van der Waals surface area contributed by atoms with Crippen LogP contribution in [0.4, 0.5) is 11.4 Å². The first-order chi connectivity index (χ1) is 8.61. The number of benzene rings is 1. The maximum Gasteiger partial charge on any atom is 0.250 e. The highest BCUT2D eigenvalue weighted by Crippen LogP contribution is 2.27. The van der Waals surface area contributed by atoms with Crippen molar-refractivity contribution in [3.05, 3.63) is 23.8 Å². The number of nitrogens with two attached hydrogens (primary N) is 2. The monoisotopic (exact) mass is 249 g/mol. The van der Waals surface area contributed by atoms with Gasteiger partial charge < -0.3 is 21.5 Å². The Kier molecular flexibility index (Phi) is 3.72. The quantitative estimate of drug-likeness (QED) is 0.702. The molecular weight excluding hydrogens is 230 g/mol. The molecule has 1 aliphatic carbocycles. The molecule has 5 nitrogen and oxygen atoms in total. The van der Waals surface area contributed by atoms with Crippen molar-refractivity contribution in [2.75, 3.05) is 18.2 Å². The summed E-state index contributed by atoms with van der Waals surface area (Å²) < 4.78 is 5.42. The van der Waals surface area contributed by atoms with Crippen molar-refractivity contribution < 1.29 is 9.53 Å². The predicted molar refractivity (Wildman–Crippen MR) is 71.4 cm³/mol. The molecule has 0 aromatic heterocycles. The number of amides is 1. The fraction of sp³-hybridized carbons (Fsp3) is 0.462. The van der Waals surface area contributed by atoms with Gasteiger partial charge in [-0.25, -0.2) is 0 Å². The zero-order valence-corrected chi connectivity index (χ0v) is 10.5. The lowest BCUT2D eigenvalue weighted by Crippen LogP contribution is -2.30. The third-order valence-electron chi connectivity index (χ3n) is 3.41. The summed E-state index contributed by atoms with van der Waals surface area (Å²) in [4.78, 5) is 11.4. The van der Waals surface area contributed by atoms with Crippen molar-refractivity contribution >= 4 is 17.3 Å². The number of methoxy groups -OCH3 is 1. The normalized spacial score (nSPS) is 22.9. The van der Waals surface area contributed by atoms with E-state index in [-0.39, 0.29) is 12.1 Å². The van der Waals surface area contributed by atoms with Gasteiger partial charge >= 0.3 is 0 Å². The molecule has 0 spiro atoms. The smallest absolute Gasteiger partial charge is 0.250 e. The Morgan fingerprint density at radius 2 is 2.22 bits per heavy atom. The number of nitrogens with one attached hydrogen (secondary N) is 1. The molecule has 18 heavy (non-hydrogen) atoms. The van der Waals surface area contributed by atoms with E-state index in [0.717, 1.165) is 24.9 Å². The first-order valence-electron chi connectivity index (χ1n) is 6.10. The molecule has 1 aromatic rings. The van der Waals surface area contributed by atoms with E-state index in [9.17, 15) is 4.79 Å². The van der Waals surface area contributed by atoms with E-state index >= 15 is 0 Å². The van der Waals surface area contributed by atoms with Gasteiger partial charge in [0.05, 0.1) is 17.7 Å². The molecule has 2 atom stereocenters. The molecule has 1 amide bonds. The fourth-order valence-corrected chi connectivity index (χ4v) is 2.46. The fourth-order valence-electron chi connectivity index (χ4n) is 2.46. The first kappa shape index (κ1) is 12.7. The van der Waals surface area contributed by atoms with Crippen LogP contribution in [0.5, 0.6) is 0 Å². The average Bonchev–Trinajstić information content (AvgIpc) is 2.78. The van der Waals surface area contributed by atoms with E-state index in [0.29, 0.717) is 11.3 Å². The summed E-state index contributed by atoms with van der Waals surface area (Å²) in [5, 5.41) is 3.34. The highest BCUT2D eigenvalue weighted by Gasteiger charge is 2.27. The number of carbonyl (C=O) groups excluding carboxylic acids is 1. The lowest BCUT2D eigenvalue weighted by molar-refractivity contribution is 0.0991. The van der Waals surface area contributed by atoms with Crippen molar-refractivity contribution in [2.45, 2.75) is 31.4 Å². The molecule has 1 fully saturated rings. The van der Waals surface area contributed by atoms with Gasteiger partial charge in [-0.05, 0) is 37.5 Å². The molecule has 1 aromatic carbocycles. The third-order valence-corrected chi connectivity index (χ3v) is 3.41. The van der Waals surface area contributed by atoms with E-state index < -0.39 is 5.91 Å². The van der Waals surface area contributed by atoms with Gasteiger partial charge in [0.15, 0.2) is 0 Å². The summed E-state index contributed by atoms with van der Waals surface area (Å²) in [5.41, 5.74) is 12.7. The number of hydrogen-bond acceptors (Lipinski definition) is 4. The van der Waals surface area contributed by atoms with E-state index in [1.807, 2.05) is 0 Å². The number of primary amides is 1. The molecule has 0 saturated heterocycles. The molecule has 2 rings (SSSR count). The Bertz CT molecular complexity index is 448. The number of ether oxygens (including phenoxy) is 1. The third kappa shape index (κ3) is 2.56. The van der Waals surface area contributed by atoms with Crippen molar-refractivity contribution in [2.24, 2.45) is 5.73 Å². The van der Waals surface area contributed by atoms with Gasteiger partial charge in [-0.1, -0.05) is 0 Å². The van der Waals surface area contributed by atoms with Gasteiger partial charge in [-0.2, -0.15) is 0 Å². The minimum Gasteiger partial charge on any atom is -0.399 e. The number of carbonyl (C=O) groups is 1. The highest BCUT2D eigenvalue weighted by molar-refractivity contribution is 5.99. The molecule has 98 valence electrons. The molecule has 0 heterocycles. The molecule has 0 aliphatic heterocycles. The van der Waals surface area contributed by atoms with Crippen LogP contribution in [0, 0.1) is 0 Å². The Balaban J connectivity index is 2.20. The minimum atomic E-state index is -0.475. The standard InChI is InChI=1S/C13H19N3O2/c1-18-12-4-2-3-11(12)16-10-6-5-8(14)7-9(10)13(15)17/h5-7,11-12,16H,2-4,14H2,1H3,(H2,15,17). The van der Waals surface area contributed by atoms with Gasteiger partial charge in [-0.3, -0.25) is 4.79 Å². The summed E-state index contributed by atoms with van der Waals surface area (Å²) in [5.74, 6) is -0.475. The summed E-state index contributed by atoms with van der Waals surface area (Å²) in [6.07, 6.45) is 3.37. The maximum absolute atomic E-state index is 11.4. The van der Waals surface area contributed by atoms with Crippen LogP contribution in [0.15, 0.2) is 18.2 Å². The Labute approximate surface area is 106 Å². The average molecular weight is 249 g/mol. The van der Waals surface area contributed by atoms with Gasteiger partial charge in [0, 0.05) is 18.5 Å². The van der Waals surface area contributed by atoms with Gasteiger partial charge in [0.1, 0.15) is 0 Å². The minimum absolute atomic E-state index is 0.184. The Morgan fingerprint density at radius 3 is 2.89 bits per heavy atom. The number of rotatable bonds is 4. The second kappa shape index (κ2) is 5.27. The van der Waals surface area contributed by atoms with Crippen LogP contribution >= 0.6 is 0 Å². The van der Waals surface area contributed by atoms with E-state index in [4.69, 9.17) is 16.2 Å². The molecule has 0 radical (unpaired) electrons.